The Balaban J connectivity index is 2.01. The Bertz CT molecular complexity index is 614. The zero-order valence-corrected chi connectivity index (χ0v) is 13.1. The van der Waals surface area contributed by atoms with Crippen LogP contribution in [-0.2, 0) is 16.1 Å². The van der Waals surface area contributed by atoms with Crippen molar-refractivity contribution in [3.8, 4) is 0 Å². The molecule has 1 amide bonds. The fraction of sp³-hybridized carbons (Fsp3) is 0.294. The molecule has 1 heterocycles. The molecule has 0 aliphatic rings. The number of carbonyl (C=O) groups is 1. The van der Waals surface area contributed by atoms with Gasteiger partial charge >= 0.3 is 0 Å². The number of ether oxygens (including phenoxy) is 1. The summed E-state index contributed by atoms with van der Waals surface area (Å²) in [6, 6.07) is 13.3. The van der Waals surface area contributed by atoms with E-state index in [1.165, 1.54) is 7.11 Å². The molecule has 0 saturated heterocycles. The van der Waals surface area contributed by atoms with Gasteiger partial charge in [-0.2, -0.15) is 0 Å². The number of benzene rings is 1. The van der Waals surface area contributed by atoms with E-state index >= 15 is 0 Å². The molecular weight excluding hydrogens is 278 g/mol. The molecule has 1 aromatic carbocycles. The molecule has 116 valence electrons. The summed E-state index contributed by atoms with van der Waals surface area (Å²) in [5.41, 5.74) is 1.83. The molecule has 2 aromatic rings. The Kier molecular flexibility index (Phi) is 5.49. The summed E-state index contributed by atoms with van der Waals surface area (Å²) in [4.78, 5) is 18.5. The van der Waals surface area contributed by atoms with E-state index < -0.39 is 6.10 Å². The van der Waals surface area contributed by atoms with Crippen molar-refractivity contribution < 1.29 is 9.53 Å². The highest BCUT2D eigenvalue weighted by atomic mass is 16.5. The predicted molar refractivity (Wildman–Crippen MR) is 86.6 cm³/mol. The van der Waals surface area contributed by atoms with Gasteiger partial charge in [-0.1, -0.05) is 30.3 Å². The summed E-state index contributed by atoms with van der Waals surface area (Å²) in [6.07, 6.45) is 1.14. The van der Waals surface area contributed by atoms with Gasteiger partial charge in [-0.15, -0.1) is 0 Å². The van der Waals surface area contributed by atoms with Crippen LogP contribution in [0, 0.1) is 0 Å². The first-order valence-corrected chi connectivity index (χ1v) is 7.09. The number of methoxy groups -OCH3 is 1. The van der Waals surface area contributed by atoms with E-state index in [1.807, 2.05) is 61.5 Å². The zero-order valence-electron chi connectivity index (χ0n) is 13.1. The van der Waals surface area contributed by atoms with E-state index in [-0.39, 0.29) is 5.91 Å². The lowest BCUT2D eigenvalue weighted by Crippen LogP contribution is -2.30. The third-order valence-corrected chi connectivity index (χ3v) is 3.31. The second kappa shape index (κ2) is 7.56. The lowest BCUT2D eigenvalue weighted by Gasteiger charge is -2.16. The molecule has 0 bridgehead atoms. The SMILES string of the molecule is COC(C(=O)NCc1ccnc(N(C)C)c1)c1ccccc1. The van der Waals surface area contributed by atoms with E-state index in [4.69, 9.17) is 4.74 Å². The average molecular weight is 299 g/mol. The van der Waals surface area contributed by atoms with Crippen LogP contribution >= 0.6 is 0 Å². The number of nitrogens with one attached hydrogen (secondary N) is 1. The van der Waals surface area contributed by atoms with Crippen molar-refractivity contribution in [2.24, 2.45) is 0 Å². The lowest BCUT2D eigenvalue weighted by molar-refractivity contribution is -0.131. The van der Waals surface area contributed by atoms with Gasteiger partial charge in [0.2, 0.25) is 0 Å². The summed E-state index contributed by atoms with van der Waals surface area (Å²) < 4.78 is 5.32. The van der Waals surface area contributed by atoms with Crippen molar-refractivity contribution in [2.45, 2.75) is 12.6 Å². The Morgan fingerprint density at radius 3 is 2.64 bits per heavy atom. The average Bonchev–Trinajstić information content (AvgIpc) is 2.55. The summed E-state index contributed by atoms with van der Waals surface area (Å²) >= 11 is 0. The Morgan fingerprint density at radius 2 is 2.00 bits per heavy atom. The highest BCUT2D eigenvalue weighted by Crippen LogP contribution is 2.16. The molecule has 2 rings (SSSR count). The van der Waals surface area contributed by atoms with E-state index in [2.05, 4.69) is 10.3 Å². The van der Waals surface area contributed by atoms with Gasteiger partial charge in [0.1, 0.15) is 5.82 Å². The molecule has 0 radical (unpaired) electrons. The van der Waals surface area contributed by atoms with Crippen LogP contribution < -0.4 is 10.2 Å². The monoisotopic (exact) mass is 299 g/mol. The molecule has 1 aromatic heterocycles. The minimum Gasteiger partial charge on any atom is -0.367 e. The van der Waals surface area contributed by atoms with Crippen molar-refractivity contribution in [1.82, 2.24) is 10.3 Å². The summed E-state index contributed by atoms with van der Waals surface area (Å²) in [5, 5.41) is 2.90. The standard InChI is InChI=1S/C17H21N3O2/c1-20(2)15-11-13(9-10-18-15)12-19-17(21)16(22-3)14-7-5-4-6-8-14/h4-11,16H,12H2,1-3H3,(H,19,21). The minimum absolute atomic E-state index is 0.156. The van der Waals surface area contributed by atoms with Gasteiger partial charge in [0, 0.05) is 33.9 Å². The van der Waals surface area contributed by atoms with Crippen molar-refractivity contribution >= 4 is 11.7 Å². The van der Waals surface area contributed by atoms with Gasteiger partial charge in [0.25, 0.3) is 5.91 Å². The number of hydrogen-bond donors (Lipinski definition) is 1. The van der Waals surface area contributed by atoms with Gasteiger partial charge in [0.15, 0.2) is 6.10 Å². The Morgan fingerprint density at radius 1 is 1.27 bits per heavy atom. The number of anilines is 1. The third-order valence-electron chi connectivity index (χ3n) is 3.31. The van der Waals surface area contributed by atoms with Crippen molar-refractivity contribution in [1.29, 1.82) is 0 Å². The highest BCUT2D eigenvalue weighted by molar-refractivity contribution is 5.82. The van der Waals surface area contributed by atoms with Crippen LogP contribution in [0.5, 0.6) is 0 Å². The summed E-state index contributed by atoms with van der Waals surface area (Å²) in [6.45, 7) is 0.439. The maximum absolute atomic E-state index is 12.3. The van der Waals surface area contributed by atoms with Crippen LogP contribution in [0.15, 0.2) is 48.7 Å². The molecule has 1 N–H and O–H groups in total. The summed E-state index contributed by atoms with van der Waals surface area (Å²) in [5.74, 6) is 0.704. The van der Waals surface area contributed by atoms with Gasteiger partial charge in [0.05, 0.1) is 0 Å². The van der Waals surface area contributed by atoms with Gasteiger partial charge in [-0.3, -0.25) is 4.79 Å². The highest BCUT2D eigenvalue weighted by Gasteiger charge is 2.19. The van der Waals surface area contributed by atoms with Crippen LogP contribution in [0.1, 0.15) is 17.2 Å². The van der Waals surface area contributed by atoms with Crippen LogP contribution in [-0.4, -0.2) is 32.1 Å². The Labute approximate surface area is 130 Å². The topological polar surface area (TPSA) is 54.5 Å². The lowest BCUT2D eigenvalue weighted by atomic mass is 10.1. The van der Waals surface area contributed by atoms with Crippen LogP contribution in [0.25, 0.3) is 0 Å². The van der Waals surface area contributed by atoms with E-state index in [0.717, 1.165) is 16.9 Å². The molecule has 5 heteroatoms. The van der Waals surface area contributed by atoms with Crippen molar-refractivity contribution in [2.75, 3.05) is 26.1 Å². The van der Waals surface area contributed by atoms with E-state index in [9.17, 15) is 4.79 Å². The largest absolute Gasteiger partial charge is 0.367 e. The Hall–Kier alpha value is -2.40. The maximum Gasteiger partial charge on any atom is 0.254 e. The number of aromatic nitrogens is 1. The second-order valence-electron chi connectivity index (χ2n) is 5.16. The number of pyridine rings is 1. The maximum atomic E-state index is 12.3. The molecule has 0 aliphatic heterocycles. The normalized spacial score (nSPS) is 11.8. The van der Waals surface area contributed by atoms with Crippen molar-refractivity contribution in [3.63, 3.8) is 0 Å². The number of nitrogens with zero attached hydrogens (tertiary/aromatic N) is 2. The first-order chi connectivity index (χ1) is 10.6. The molecule has 1 atom stereocenters. The third kappa shape index (κ3) is 4.05. The molecule has 0 fully saturated rings. The van der Waals surface area contributed by atoms with Crippen molar-refractivity contribution in [3.05, 3.63) is 59.8 Å². The molecule has 5 nitrogen and oxygen atoms in total. The fourth-order valence-corrected chi connectivity index (χ4v) is 2.12. The molecule has 1 unspecified atom stereocenters. The molecule has 22 heavy (non-hydrogen) atoms. The summed E-state index contributed by atoms with van der Waals surface area (Å²) in [7, 11) is 5.40. The number of amides is 1. The first-order valence-electron chi connectivity index (χ1n) is 7.09. The van der Waals surface area contributed by atoms with Gasteiger partial charge in [-0.25, -0.2) is 4.98 Å². The molecule has 0 spiro atoms. The smallest absolute Gasteiger partial charge is 0.254 e. The molecule has 0 saturated carbocycles. The van der Waals surface area contributed by atoms with Crippen LogP contribution in [0.3, 0.4) is 0 Å². The van der Waals surface area contributed by atoms with Gasteiger partial charge in [-0.05, 0) is 23.3 Å². The van der Waals surface area contributed by atoms with Crippen LogP contribution in [0.4, 0.5) is 5.82 Å². The molecule has 0 aliphatic carbocycles. The fourth-order valence-electron chi connectivity index (χ4n) is 2.12. The first kappa shape index (κ1) is 16.0. The predicted octanol–water partition coefficient (Wildman–Crippen LogP) is 2.15. The van der Waals surface area contributed by atoms with Gasteiger partial charge < -0.3 is 15.0 Å². The van der Waals surface area contributed by atoms with Crippen LogP contribution in [0.2, 0.25) is 0 Å². The zero-order chi connectivity index (χ0) is 15.9. The molecular formula is C17H21N3O2. The second-order valence-corrected chi connectivity index (χ2v) is 5.16. The van der Waals surface area contributed by atoms with E-state index in [0.29, 0.717) is 6.54 Å². The number of hydrogen-bond acceptors (Lipinski definition) is 4. The number of rotatable bonds is 6. The van der Waals surface area contributed by atoms with E-state index in [1.54, 1.807) is 6.20 Å². The quantitative estimate of drug-likeness (QED) is 0.888. The minimum atomic E-state index is -0.601. The number of carbonyl (C=O) groups excluding carboxylic acids is 1.